The number of furan rings is 1. The summed E-state index contributed by atoms with van der Waals surface area (Å²) in [6.07, 6.45) is 0. The first-order chi connectivity index (χ1) is 7.51. The Morgan fingerprint density at radius 2 is 2.00 bits per heavy atom. The van der Waals surface area contributed by atoms with Gasteiger partial charge in [-0.3, -0.25) is 9.36 Å². The van der Waals surface area contributed by atoms with E-state index in [1.807, 2.05) is 0 Å². The summed E-state index contributed by atoms with van der Waals surface area (Å²) >= 11 is 0. The molecule has 1 rings (SSSR count). The second-order valence-corrected chi connectivity index (χ2v) is 5.05. The van der Waals surface area contributed by atoms with Crippen molar-refractivity contribution in [2.75, 3.05) is 14.2 Å². The largest absolute Gasteiger partial charge is 0.458 e. The molecule has 0 N–H and O–H groups in total. The van der Waals surface area contributed by atoms with Gasteiger partial charge in [-0.2, -0.15) is 0 Å². The van der Waals surface area contributed by atoms with E-state index in [9.17, 15) is 9.36 Å². The minimum atomic E-state index is -3.37. The molecule has 1 aromatic heterocycles. The molecule has 1 heterocycles. The number of ether oxygens (including phenoxy) is 1. The predicted molar refractivity (Wildman–Crippen MR) is 55.4 cm³/mol. The molecule has 0 atom stereocenters. The Kier molecular flexibility index (Phi) is 4.29. The maximum absolute atomic E-state index is 11.9. The molecule has 1 aromatic rings. The number of hydrogen-bond donors (Lipinski definition) is 0. The fourth-order valence-corrected chi connectivity index (χ4v) is 2.01. The molecule has 0 aromatic carbocycles. The van der Waals surface area contributed by atoms with Crippen LogP contribution in [0.3, 0.4) is 0 Å². The van der Waals surface area contributed by atoms with Crippen LogP contribution in [0.15, 0.2) is 16.5 Å². The highest BCUT2D eigenvalue weighted by atomic mass is 31.2. The van der Waals surface area contributed by atoms with Crippen LogP contribution in [-0.2, 0) is 29.8 Å². The Morgan fingerprint density at radius 1 is 1.38 bits per heavy atom. The van der Waals surface area contributed by atoms with Crippen LogP contribution in [-0.4, -0.2) is 20.2 Å². The first-order valence-electron chi connectivity index (χ1n) is 4.46. The van der Waals surface area contributed by atoms with Gasteiger partial charge < -0.3 is 18.2 Å². The number of rotatable bonds is 5. The first kappa shape index (κ1) is 13.0. The van der Waals surface area contributed by atoms with Gasteiger partial charge in [0.05, 0.1) is 0 Å². The summed E-state index contributed by atoms with van der Waals surface area (Å²) < 4.78 is 31.3. The van der Waals surface area contributed by atoms with Gasteiger partial charge >= 0.3 is 13.6 Å². The molecule has 0 spiro atoms. The lowest BCUT2D eigenvalue weighted by atomic mass is 10.5. The molecule has 0 aliphatic rings. The zero-order valence-electron chi connectivity index (χ0n) is 9.26. The number of carbonyl (C=O) groups is 1. The average molecular weight is 248 g/mol. The van der Waals surface area contributed by atoms with Gasteiger partial charge in [-0.25, -0.2) is 0 Å². The zero-order valence-corrected chi connectivity index (χ0v) is 10.2. The van der Waals surface area contributed by atoms with Crippen LogP contribution in [0.5, 0.6) is 0 Å². The van der Waals surface area contributed by atoms with Crippen molar-refractivity contribution in [1.82, 2.24) is 0 Å². The molecule has 0 bridgehead atoms. The first-order valence-corrected chi connectivity index (χ1v) is 6.00. The zero-order chi connectivity index (χ0) is 12.2. The number of esters is 1. The van der Waals surface area contributed by atoms with Crippen LogP contribution < -0.4 is 5.50 Å². The van der Waals surface area contributed by atoms with Crippen LogP contribution in [0.1, 0.15) is 12.7 Å². The van der Waals surface area contributed by atoms with Gasteiger partial charge in [0.15, 0.2) is 0 Å². The second kappa shape index (κ2) is 5.30. The van der Waals surface area contributed by atoms with E-state index < -0.39 is 13.6 Å². The van der Waals surface area contributed by atoms with E-state index in [0.29, 0.717) is 5.76 Å². The Balaban J connectivity index is 2.78. The number of carbonyl (C=O) groups excluding carboxylic acids is 1. The fourth-order valence-electron chi connectivity index (χ4n) is 1.02. The molecule has 0 unspecified atom stereocenters. The minimum absolute atomic E-state index is 0.0111. The Morgan fingerprint density at radius 3 is 2.50 bits per heavy atom. The molecule has 0 amide bonds. The lowest BCUT2D eigenvalue weighted by molar-refractivity contribution is -0.142. The maximum Gasteiger partial charge on any atom is 0.395 e. The van der Waals surface area contributed by atoms with Crippen molar-refractivity contribution >= 4 is 19.1 Å². The lowest BCUT2D eigenvalue weighted by Crippen LogP contribution is -2.05. The van der Waals surface area contributed by atoms with Crippen LogP contribution >= 0.6 is 7.60 Å². The molecule has 7 heteroatoms. The highest BCUT2D eigenvalue weighted by Gasteiger charge is 2.28. The van der Waals surface area contributed by atoms with Gasteiger partial charge in [0, 0.05) is 21.1 Å². The third-order valence-corrected chi connectivity index (χ3v) is 3.56. The van der Waals surface area contributed by atoms with E-state index in [1.54, 1.807) is 6.07 Å². The quantitative estimate of drug-likeness (QED) is 0.580. The highest BCUT2D eigenvalue weighted by Crippen LogP contribution is 2.45. The van der Waals surface area contributed by atoms with Crippen molar-refractivity contribution in [3.8, 4) is 0 Å². The van der Waals surface area contributed by atoms with Gasteiger partial charge in [0.25, 0.3) is 0 Å². The van der Waals surface area contributed by atoms with Gasteiger partial charge in [-0.1, -0.05) is 0 Å². The molecule has 0 saturated heterocycles. The van der Waals surface area contributed by atoms with E-state index in [0.717, 1.165) is 0 Å². The summed E-state index contributed by atoms with van der Waals surface area (Å²) in [5.41, 5.74) is 0.0830. The van der Waals surface area contributed by atoms with Crippen molar-refractivity contribution in [3.63, 3.8) is 0 Å². The van der Waals surface area contributed by atoms with Crippen molar-refractivity contribution in [2.45, 2.75) is 13.5 Å². The summed E-state index contributed by atoms with van der Waals surface area (Å²) in [5, 5.41) is 0. The van der Waals surface area contributed by atoms with E-state index in [-0.39, 0.29) is 12.1 Å². The Labute approximate surface area is 93.0 Å². The molecule has 0 fully saturated rings. The third kappa shape index (κ3) is 2.95. The van der Waals surface area contributed by atoms with Crippen molar-refractivity contribution in [2.24, 2.45) is 0 Å². The summed E-state index contributed by atoms with van der Waals surface area (Å²) in [4.78, 5) is 10.6. The van der Waals surface area contributed by atoms with Gasteiger partial charge in [-0.15, -0.1) is 0 Å². The molecule has 16 heavy (non-hydrogen) atoms. The van der Waals surface area contributed by atoms with Gasteiger partial charge in [-0.05, 0) is 12.1 Å². The number of hydrogen-bond acceptors (Lipinski definition) is 6. The molecule has 0 saturated carbocycles. The topological polar surface area (TPSA) is 75.0 Å². The predicted octanol–water partition coefficient (Wildman–Crippen LogP) is 1.45. The van der Waals surface area contributed by atoms with Crippen LogP contribution in [0.2, 0.25) is 0 Å². The lowest BCUT2D eigenvalue weighted by Gasteiger charge is -2.09. The van der Waals surface area contributed by atoms with Gasteiger partial charge in [0.1, 0.15) is 12.4 Å². The van der Waals surface area contributed by atoms with Gasteiger partial charge in [0.2, 0.25) is 5.50 Å². The van der Waals surface area contributed by atoms with Crippen LogP contribution in [0.25, 0.3) is 0 Å². The smallest absolute Gasteiger partial charge is 0.395 e. The minimum Gasteiger partial charge on any atom is -0.458 e. The second-order valence-electron chi connectivity index (χ2n) is 2.88. The summed E-state index contributed by atoms with van der Waals surface area (Å²) in [6, 6.07) is 3.01. The summed E-state index contributed by atoms with van der Waals surface area (Å²) in [6.45, 7) is 1.28. The molecule has 0 aliphatic carbocycles. The highest BCUT2D eigenvalue weighted by molar-refractivity contribution is 7.61. The maximum atomic E-state index is 11.9. The van der Waals surface area contributed by atoms with E-state index in [2.05, 4.69) is 0 Å². The third-order valence-electron chi connectivity index (χ3n) is 1.82. The summed E-state index contributed by atoms with van der Waals surface area (Å²) in [5.74, 6) is -0.0425. The summed E-state index contributed by atoms with van der Waals surface area (Å²) in [7, 11) is -0.842. The molecule has 6 nitrogen and oxygen atoms in total. The van der Waals surface area contributed by atoms with E-state index in [1.165, 1.54) is 27.2 Å². The molecule has 0 radical (unpaired) electrons. The van der Waals surface area contributed by atoms with Crippen molar-refractivity contribution < 1.29 is 27.6 Å². The molecular weight excluding hydrogens is 235 g/mol. The Hall–Kier alpha value is -1.10. The van der Waals surface area contributed by atoms with Crippen LogP contribution in [0, 0.1) is 0 Å². The van der Waals surface area contributed by atoms with Crippen molar-refractivity contribution in [1.29, 1.82) is 0 Å². The normalized spacial score (nSPS) is 11.4. The average Bonchev–Trinajstić information content (AvgIpc) is 2.74. The molecule has 0 aliphatic heterocycles. The SMILES string of the molecule is COP(=O)(OC)c1ccc(COC(C)=O)o1. The fraction of sp³-hybridized carbons (Fsp3) is 0.444. The van der Waals surface area contributed by atoms with E-state index >= 15 is 0 Å². The Bertz CT molecular complexity index is 402. The molecule has 90 valence electrons. The van der Waals surface area contributed by atoms with Crippen LogP contribution in [0.4, 0.5) is 0 Å². The monoisotopic (exact) mass is 248 g/mol. The molecular formula is C9H13O6P. The standard InChI is InChI=1S/C9H13O6P/c1-7(10)14-6-8-4-5-9(15-8)16(11,12-2)13-3/h4-5H,6H2,1-3H3. The van der Waals surface area contributed by atoms with Crippen molar-refractivity contribution in [3.05, 3.63) is 17.9 Å². The van der Waals surface area contributed by atoms with E-state index in [4.69, 9.17) is 18.2 Å².